The molecule has 3 heterocycles. The van der Waals surface area contributed by atoms with Crippen molar-refractivity contribution in [3.8, 4) is 0 Å². The van der Waals surface area contributed by atoms with E-state index in [9.17, 15) is 0 Å². The van der Waals surface area contributed by atoms with Gasteiger partial charge in [0.1, 0.15) is 0 Å². The molecule has 0 aromatic carbocycles. The number of rotatable bonds is 3. The highest BCUT2D eigenvalue weighted by Gasteiger charge is 2.15. The number of fused-ring (bicyclic) bond motifs is 1. The maximum atomic E-state index is 5.63. The number of hydrogen-bond donors (Lipinski definition) is 2. The summed E-state index contributed by atoms with van der Waals surface area (Å²) in [5.41, 5.74) is 7.60. The van der Waals surface area contributed by atoms with E-state index in [2.05, 4.69) is 15.4 Å². The summed E-state index contributed by atoms with van der Waals surface area (Å²) in [5.74, 6) is 0.920. The van der Waals surface area contributed by atoms with Crippen LogP contribution in [0.5, 0.6) is 0 Å². The van der Waals surface area contributed by atoms with Crippen LogP contribution >= 0.6 is 0 Å². The van der Waals surface area contributed by atoms with E-state index in [4.69, 9.17) is 5.73 Å². The van der Waals surface area contributed by atoms with E-state index in [-0.39, 0.29) is 0 Å². The van der Waals surface area contributed by atoms with E-state index in [1.165, 1.54) is 19.3 Å². The lowest BCUT2D eigenvalue weighted by Crippen LogP contribution is -2.35. The van der Waals surface area contributed by atoms with Crippen molar-refractivity contribution in [1.82, 2.24) is 19.9 Å². The number of nitrogens with two attached hydrogens (primary N) is 1. The van der Waals surface area contributed by atoms with Crippen LogP contribution in [0.4, 0.5) is 0 Å². The number of aromatic nitrogens is 3. The van der Waals surface area contributed by atoms with Gasteiger partial charge < -0.3 is 11.1 Å². The highest BCUT2D eigenvalue weighted by atomic mass is 15.3. The van der Waals surface area contributed by atoms with E-state index in [1.807, 2.05) is 22.8 Å². The van der Waals surface area contributed by atoms with Gasteiger partial charge in [-0.1, -0.05) is 12.5 Å². The monoisotopic (exact) mass is 245 g/mol. The smallest absolute Gasteiger partial charge is 0.155 e. The van der Waals surface area contributed by atoms with Crippen LogP contribution in [0, 0.1) is 0 Å². The average molecular weight is 245 g/mol. The third-order valence-corrected chi connectivity index (χ3v) is 3.51. The van der Waals surface area contributed by atoms with Gasteiger partial charge in [-0.25, -0.2) is 9.50 Å². The summed E-state index contributed by atoms with van der Waals surface area (Å²) in [6, 6.07) is 4.52. The van der Waals surface area contributed by atoms with Gasteiger partial charge in [-0.15, -0.1) is 0 Å². The SMILES string of the molecule is NCc1ccc2nc(CC3CCCCN3)nn2c1. The summed E-state index contributed by atoms with van der Waals surface area (Å²) in [4.78, 5) is 4.55. The van der Waals surface area contributed by atoms with Gasteiger partial charge in [-0.3, -0.25) is 0 Å². The van der Waals surface area contributed by atoms with Crippen molar-refractivity contribution in [2.45, 2.75) is 38.3 Å². The highest BCUT2D eigenvalue weighted by Crippen LogP contribution is 2.12. The zero-order chi connectivity index (χ0) is 12.4. The Labute approximate surface area is 106 Å². The molecule has 1 aliphatic heterocycles. The summed E-state index contributed by atoms with van der Waals surface area (Å²) >= 11 is 0. The lowest BCUT2D eigenvalue weighted by Gasteiger charge is -2.21. The fourth-order valence-electron chi connectivity index (χ4n) is 2.50. The first-order valence-corrected chi connectivity index (χ1v) is 6.63. The van der Waals surface area contributed by atoms with Crippen LogP contribution in [0.15, 0.2) is 18.3 Å². The Morgan fingerprint density at radius 3 is 3.11 bits per heavy atom. The van der Waals surface area contributed by atoms with Crippen LogP contribution in [-0.2, 0) is 13.0 Å². The van der Waals surface area contributed by atoms with E-state index < -0.39 is 0 Å². The molecule has 1 atom stereocenters. The molecule has 0 spiro atoms. The van der Waals surface area contributed by atoms with Crippen LogP contribution in [0.2, 0.25) is 0 Å². The zero-order valence-corrected chi connectivity index (χ0v) is 10.5. The average Bonchev–Trinajstić information content (AvgIpc) is 2.80. The van der Waals surface area contributed by atoms with Gasteiger partial charge in [0.05, 0.1) is 0 Å². The van der Waals surface area contributed by atoms with Crippen molar-refractivity contribution in [2.24, 2.45) is 5.73 Å². The number of hydrogen-bond acceptors (Lipinski definition) is 4. The van der Waals surface area contributed by atoms with E-state index >= 15 is 0 Å². The van der Waals surface area contributed by atoms with Crippen molar-refractivity contribution < 1.29 is 0 Å². The molecule has 1 aliphatic rings. The number of pyridine rings is 1. The minimum Gasteiger partial charge on any atom is -0.326 e. The van der Waals surface area contributed by atoms with E-state index in [1.54, 1.807) is 0 Å². The minimum atomic E-state index is 0.533. The molecule has 3 N–H and O–H groups in total. The van der Waals surface area contributed by atoms with Gasteiger partial charge in [0.15, 0.2) is 11.5 Å². The predicted octanol–water partition coefficient (Wildman–Crippen LogP) is 0.873. The number of nitrogens with zero attached hydrogens (tertiary/aromatic N) is 3. The molecule has 1 fully saturated rings. The Morgan fingerprint density at radius 1 is 1.39 bits per heavy atom. The molecule has 1 unspecified atom stereocenters. The number of piperidine rings is 1. The number of nitrogens with one attached hydrogen (secondary N) is 1. The van der Waals surface area contributed by atoms with Crippen molar-refractivity contribution in [3.63, 3.8) is 0 Å². The van der Waals surface area contributed by atoms with Crippen LogP contribution in [-0.4, -0.2) is 27.2 Å². The van der Waals surface area contributed by atoms with E-state index in [0.717, 1.165) is 30.0 Å². The predicted molar refractivity (Wildman–Crippen MR) is 70.2 cm³/mol. The molecule has 2 aromatic rings. The maximum Gasteiger partial charge on any atom is 0.155 e. The molecule has 5 nitrogen and oxygen atoms in total. The molecular weight excluding hydrogens is 226 g/mol. The topological polar surface area (TPSA) is 68.2 Å². The summed E-state index contributed by atoms with van der Waals surface area (Å²) in [6.45, 7) is 1.66. The van der Waals surface area contributed by atoms with Crippen molar-refractivity contribution >= 4 is 5.65 Å². The Bertz CT molecular complexity index is 527. The molecule has 18 heavy (non-hydrogen) atoms. The first-order chi connectivity index (χ1) is 8.85. The molecule has 3 rings (SSSR count). The summed E-state index contributed by atoms with van der Waals surface area (Å²) < 4.78 is 1.83. The Morgan fingerprint density at radius 2 is 2.33 bits per heavy atom. The van der Waals surface area contributed by atoms with Gasteiger partial charge in [0.25, 0.3) is 0 Å². The second kappa shape index (κ2) is 5.04. The first-order valence-electron chi connectivity index (χ1n) is 6.63. The van der Waals surface area contributed by atoms with Crippen molar-refractivity contribution in [1.29, 1.82) is 0 Å². The van der Waals surface area contributed by atoms with Crippen LogP contribution in [0.3, 0.4) is 0 Å². The lowest BCUT2D eigenvalue weighted by atomic mass is 10.0. The molecule has 5 heteroatoms. The van der Waals surface area contributed by atoms with Crippen LogP contribution in [0.25, 0.3) is 5.65 Å². The minimum absolute atomic E-state index is 0.533. The Balaban J connectivity index is 1.79. The standard InChI is InChI=1S/C13H19N5/c14-8-10-4-5-13-16-12(17-18(13)9-10)7-11-3-1-2-6-15-11/h4-5,9,11,15H,1-3,6-8,14H2. The largest absolute Gasteiger partial charge is 0.326 e. The second-order valence-corrected chi connectivity index (χ2v) is 4.92. The summed E-state index contributed by atoms with van der Waals surface area (Å²) in [5, 5.41) is 8.05. The normalized spacial score (nSPS) is 20.4. The van der Waals surface area contributed by atoms with Gasteiger partial charge in [0, 0.05) is 25.2 Å². The Hall–Kier alpha value is -1.46. The molecular formula is C13H19N5. The Kier molecular flexibility index (Phi) is 3.25. The molecule has 0 radical (unpaired) electrons. The van der Waals surface area contributed by atoms with Gasteiger partial charge in [-0.05, 0) is 31.0 Å². The summed E-state index contributed by atoms with van der Waals surface area (Å²) in [7, 11) is 0. The highest BCUT2D eigenvalue weighted by molar-refractivity contribution is 5.38. The molecule has 0 saturated carbocycles. The third-order valence-electron chi connectivity index (χ3n) is 3.51. The van der Waals surface area contributed by atoms with Gasteiger partial charge >= 0.3 is 0 Å². The van der Waals surface area contributed by atoms with E-state index in [0.29, 0.717) is 12.6 Å². The van der Waals surface area contributed by atoms with Crippen LogP contribution in [0.1, 0.15) is 30.7 Å². The third kappa shape index (κ3) is 2.37. The second-order valence-electron chi connectivity index (χ2n) is 4.92. The molecule has 0 amide bonds. The first kappa shape index (κ1) is 11.6. The van der Waals surface area contributed by atoms with Gasteiger partial charge in [-0.2, -0.15) is 5.10 Å². The molecule has 96 valence electrons. The molecule has 1 saturated heterocycles. The van der Waals surface area contributed by atoms with Crippen molar-refractivity contribution in [2.75, 3.05) is 6.54 Å². The maximum absolute atomic E-state index is 5.63. The fourth-order valence-corrected chi connectivity index (χ4v) is 2.50. The van der Waals surface area contributed by atoms with Crippen LogP contribution < -0.4 is 11.1 Å². The molecule has 0 aliphatic carbocycles. The zero-order valence-electron chi connectivity index (χ0n) is 10.5. The van der Waals surface area contributed by atoms with Crippen molar-refractivity contribution in [3.05, 3.63) is 29.7 Å². The fraction of sp³-hybridized carbons (Fsp3) is 0.538. The summed E-state index contributed by atoms with van der Waals surface area (Å²) in [6.07, 6.45) is 6.70. The molecule has 0 bridgehead atoms. The lowest BCUT2D eigenvalue weighted by molar-refractivity contribution is 0.394. The quantitative estimate of drug-likeness (QED) is 0.842. The van der Waals surface area contributed by atoms with Gasteiger partial charge in [0.2, 0.25) is 0 Å². The molecule has 2 aromatic heterocycles.